The summed E-state index contributed by atoms with van der Waals surface area (Å²) in [5.74, 6) is 0.276. The zero-order chi connectivity index (χ0) is 9.52. The number of amidine groups is 1. The van der Waals surface area contributed by atoms with Crippen molar-refractivity contribution in [3.05, 3.63) is 36.0 Å². The zero-order valence-electron chi connectivity index (χ0n) is 7.20. The first kappa shape index (κ1) is 9.25. The molecule has 0 heterocycles. The van der Waals surface area contributed by atoms with Crippen LogP contribution in [0.1, 0.15) is 6.42 Å². The highest BCUT2D eigenvalue weighted by molar-refractivity contribution is 5.96. The van der Waals surface area contributed by atoms with Crippen LogP contribution in [-0.2, 0) is 0 Å². The van der Waals surface area contributed by atoms with E-state index < -0.39 is 0 Å². The number of hydrazone groups is 1. The number of rotatable bonds is 2. The fourth-order valence-corrected chi connectivity index (χ4v) is 0.936. The quantitative estimate of drug-likeness (QED) is 0.332. The number of hydrogen-bond acceptors (Lipinski definition) is 2. The van der Waals surface area contributed by atoms with Crippen LogP contribution in [0.3, 0.4) is 0 Å². The molecule has 0 aromatic heterocycles. The molecule has 0 aromatic rings. The Morgan fingerprint density at radius 3 is 3.15 bits per heavy atom. The number of nitrogens with two attached hydrogens (primary N) is 1. The highest BCUT2D eigenvalue weighted by Gasteiger charge is 2.01. The van der Waals surface area contributed by atoms with Crippen molar-refractivity contribution in [3.8, 4) is 0 Å². The third kappa shape index (κ3) is 2.94. The number of nitrogens with zero attached hydrogens (tertiary/aromatic N) is 1. The first-order chi connectivity index (χ1) is 6.34. The summed E-state index contributed by atoms with van der Waals surface area (Å²) in [5, 5.41) is 11.1. The molecule has 0 amide bonds. The fraction of sp³-hybridized carbons (Fsp3) is 0.111. The van der Waals surface area contributed by atoms with E-state index in [4.69, 9.17) is 11.1 Å². The summed E-state index contributed by atoms with van der Waals surface area (Å²) in [6.45, 7) is 0. The molecule has 0 fully saturated rings. The Morgan fingerprint density at radius 1 is 1.54 bits per heavy atom. The van der Waals surface area contributed by atoms with Crippen molar-refractivity contribution in [2.24, 2.45) is 10.8 Å². The molecule has 0 saturated carbocycles. The Labute approximate surface area is 77.0 Å². The van der Waals surface area contributed by atoms with Gasteiger partial charge in [0.15, 0.2) is 0 Å². The lowest BCUT2D eigenvalue weighted by atomic mass is 10.1. The minimum atomic E-state index is 0.276. The van der Waals surface area contributed by atoms with Gasteiger partial charge >= 0.3 is 0 Å². The van der Waals surface area contributed by atoms with Gasteiger partial charge in [0.2, 0.25) is 0 Å². The second-order valence-corrected chi connectivity index (χ2v) is 2.47. The maximum absolute atomic E-state index is 7.57. The van der Waals surface area contributed by atoms with Gasteiger partial charge in [0.1, 0.15) is 12.2 Å². The Hall–Kier alpha value is -1.84. The van der Waals surface area contributed by atoms with E-state index in [0.717, 1.165) is 18.3 Å². The largest absolute Gasteiger partial charge is 0.388 e. The van der Waals surface area contributed by atoms with E-state index in [2.05, 4.69) is 10.5 Å². The van der Waals surface area contributed by atoms with E-state index in [0.29, 0.717) is 0 Å². The van der Waals surface area contributed by atoms with Gasteiger partial charge in [-0.2, -0.15) is 5.10 Å². The van der Waals surface area contributed by atoms with Gasteiger partial charge < -0.3 is 5.73 Å². The van der Waals surface area contributed by atoms with Crippen LogP contribution in [0.25, 0.3) is 0 Å². The predicted octanol–water partition coefficient (Wildman–Crippen LogP) is 0.898. The van der Waals surface area contributed by atoms with Gasteiger partial charge in [-0.25, -0.2) is 0 Å². The van der Waals surface area contributed by atoms with E-state index >= 15 is 0 Å². The van der Waals surface area contributed by atoms with Crippen LogP contribution >= 0.6 is 0 Å². The van der Waals surface area contributed by atoms with E-state index in [1.807, 2.05) is 30.4 Å². The molecule has 0 bridgehead atoms. The lowest BCUT2D eigenvalue weighted by Gasteiger charge is -2.03. The molecule has 4 N–H and O–H groups in total. The summed E-state index contributed by atoms with van der Waals surface area (Å²) in [6.07, 6.45) is 11.5. The molecule has 0 aromatic carbocycles. The molecular weight excluding hydrogens is 164 g/mol. The Balaban J connectivity index is 2.60. The van der Waals surface area contributed by atoms with Gasteiger partial charge in [-0.1, -0.05) is 30.4 Å². The Morgan fingerprint density at radius 2 is 2.38 bits per heavy atom. The Kier molecular flexibility index (Phi) is 3.50. The van der Waals surface area contributed by atoms with Crippen molar-refractivity contribution in [2.75, 3.05) is 0 Å². The summed E-state index contributed by atoms with van der Waals surface area (Å²) in [6, 6.07) is 0. The van der Waals surface area contributed by atoms with E-state index in [-0.39, 0.29) is 5.84 Å². The zero-order valence-corrected chi connectivity index (χ0v) is 7.20. The second-order valence-electron chi connectivity index (χ2n) is 2.47. The van der Waals surface area contributed by atoms with Crippen LogP contribution in [0.5, 0.6) is 0 Å². The summed E-state index contributed by atoms with van der Waals surface area (Å²) in [4.78, 5) is 0. The van der Waals surface area contributed by atoms with Gasteiger partial charge in [0.25, 0.3) is 0 Å². The monoisotopic (exact) mass is 176 g/mol. The molecule has 13 heavy (non-hydrogen) atoms. The van der Waals surface area contributed by atoms with Gasteiger partial charge in [-0.3, -0.25) is 10.8 Å². The third-order valence-corrected chi connectivity index (χ3v) is 1.57. The van der Waals surface area contributed by atoms with Crippen molar-refractivity contribution in [1.82, 2.24) is 5.43 Å². The molecule has 0 saturated heterocycles. The highest BCUT2D eigenvalue weighted by atomic mass is 15.3. The predicted molar refractivity (Wildman–Crippen MR) is 54.5 cm³/mol. The smallest absolute Gasteiger partial charge is 0.142 e. The van der Waals surface area contributed by atoms with E-state index in [9.17, 15) is 0 Å². The van der Waals surface area contributed by atoms with Gasteiger partial charge in [0, 0.05) is 0 Å². The van der Waals surface area contributed by atoms with Crippen LogP contribution in [-0.4, -0.2) is 12.2 Å². The molecule has 0 spiro atoms. The normalized spacial score (nSPS) is 15.5. The van der Waals surface area contributed by atoms with Crippen LogP contribution in [0.2, 0.25) is 0 Å². The number of hydrogen-bond donors (Lipinski definition) is 3. The van der Waals surface area contributed by atoms with Gasteiger partial charge in [-0.15, -0.1) is 0 Å². The molecule has 4 nitrogen and oxygen atoms in total. The van der Waals surface area contributed by atoms with Crippen LogP contribution in [0.15, 0.2) is 41.1 Å². The molecule has 0 radical (unpaired) electrons. The molecule has 1 aliphatic carbocycles. The van der Waals surface area contributed by atoms with Crippen molar-refractivity contribution in [2.45, 2.75) is 6.42 Å². The second kappa shape index (κ2) is 4.92. The topological polar surface area (TPSA) is 74.3 Å². The number of allylic oxidation sites excluding steroid dienone is 5. The van der Waals surface area contributed by atoms with Crippen molar-refractivity contribution >= 4 is 12.2 Å². The molecule has 1 rings (SSSR count). The van der Waals surface area contributed by atoms with Crippen LogP contribution < -0.4 is 11.2 Å². The van der Waals surface area contributed by atoms with Gasteiger partial charge in [-0.05, 0) is 12.0 Å². The molecule has 1 aliphatic rings. The minimum Gasteiger partial charge on any atom is -0.388 e. The molecule has 0 atom stereocenters. The average molecular weight is 176 g/mol. The first-order valence-electron chi connectivity index (χ1n) is 3.95. The molecule has 4 heteroatoms. The van der Waals surface area contributed by atoms with Crippen molar-refractivity contribution in [3.63, 3.8) is 0 Å². The standard InChI is InChI=1S/C9H12N4/c10-7-12-13-9(11)8-5-3-1-2-4-6-8/h1-5,7H,6H2,(H2,10,12)(H2,11,13). The summed E-state index contributed by atoms with van der Waals surface area (Å²) < 4.78 is 0. The maximum Gasteiger partial charge on any atom is 0.142 e. The Bertz CT molecular complexity index is 297. The van der Waals surface area contributed by atoms with Crippen molar-refractivity contribution in [1.29, 1.82) is 5.41 Å². The first-order valence-corrected chi connectivity index (χ1v) is 3.95. The van der Waals surface area contributed by atoms with Crippen molar-refractivity contribution < 1.29 is 0 Å². The lowest BCUT2D eigenvalue weighted by Crippen LogP contribution is -2.19. The van der Waals surface area contributed by atoms with E-state index in [1.54, 1.807) is 0 Å². The molecule has 0 aliphatic heterocycles. The van der Waals surface area contributed by atoms with Gasteiger partial charge in [0.05, 0.1) is 0 Å². The average Bonchev–Trinajstić information content (AvgIpc) is 2.42. The SMILES string of the molecule is N=C(N/N=C\N)C1=CC=CC=CC1. The highest BCUT2D eigenvalue weighted by Crippen LogP contribution is 2.06. The molecule has 0 unspecified atom stereocenters. The summed E-state index contributed by atoms with van der Waals surface area (Å²) in [7, 11) is 0. The number of nitrogens with one attached hydrogen (secondary N) is 2. The minimum absolute atomic E-state index is 0.276. The van der Waals surface area contributed by atoms with Crippen LogP contribution in [0, 0.1) is 5.41 Å². The fourth-order valence-electron chi connectivity index (χ4n) is 0.936. The summed E-state index contributed by atoms with van der Waals surface area (Å²) >= 11 is 0. The summed E-state index contributed by atoms with van der Waals surface area (Å²) in [5.41, 5.74) is 8.45. The maximum atomic E-state index is 7.57. The van der Waals surface area contributed by atoms with Crippen LogP contribution in [0.4, 0.5) is 0 Å². The lowest BCUT2D eigenvalue weighted by molar-refractivity contribution is 1.00. The molecular formula is C9H12N4. The third-order valence-electron chi connectivity index (χ3n) is 1.57. The van der Waals surface area contributed by atoms with E-state index in [1.165, 1.54) is 0 Å². The molecule has 68 valence electrons.